The topological polar surface area (TPSA) is 37.3 Å². The Morgan fingerprint density at radius 3 is 2.62 bits per heavy atom. The molecule has 0 saturated heterocycles. The Bertz CT molecular complexity index is 384. The molecule has 1 atom stereocenters. The summed E-state index contributed by atoms with van der Waals surface area (Å²) >= 11 is 0. The molecule has 0 amide bonds. The summed E-state index contributed by atoms with van der Waals surface area (Å²) in [5, 5.41) is 8.76. The van der Waals surface area contributed by atoms with Gasteiger partial charge in [-0.3, -0.25) is 0 Å². The monoisotopic (exact) mass is 305 g/mol. The van der Waals surface area contributed by atoms with Crippen LogP contribution >= 0.6 is 0 Å². The van der Waals surface area contributed by atoms with E-state index in [2.05, 4.69) is 12.1 Å². The number of benzene rings is 1. The van der Waals surface area contributed by atoms with Crippen LogP contribution in [0.15, 0.2) is 42.0 Å². The molecule has 1 N–H and O–H groups in total. The van der Waals surface area contributed by atoms with Gasteiger partial charge in [-0.15, -0.1) is 0 Å². The van der Waals surface area contributed by atoms with Gasteiger partial charge in [-0.05, 0) is 24.8 Å². The Morgan fingerprint density at radius 1 is 1.31 bits per heavy atom. The molecule has 1 aromatic carbocycles. The molecule has 2 nitrogen and oxygen atoms in total. The van der Waals surface area contributed by atoms with Crippen LogP contribution < -0.4 is 0 Å². The SMILES string of the molecule is O=C(O)/C=C1\CCCC1c1ccccc1.[Rh]. The zero-order valence-corrected chi connectivity index (χ0v) is 10.5. The van der Waals surface area contributed by atoms with Crippen molar-refractivity contribution >= 4 is 5.97 Å². The van der Waals surface area contributed by atoms with Crippen molar-refractivity contribution in [2.75, 3.05) is 0 Å². The van der Waals surface area contributed by atoms with Crippen LogP contribution in [0.25, 0.3) is 0 Å². The van der Waals surface area contributed by atoms with E-state index in [4.69, 9.17) is 5.11 Å². The molecule has 0 aliphatic heterocycles. The van der Waals surface area contributed by atoms with E-state index in [1.54, 1.807) is 0 Å². The Morgan fingerprint density at radius 2 is 2.00 bits per heavy atom. The molecule has 0 heterocycles. The number of allylic oxidation sites excluding steroid dienone is 1. The maximum Gasteiger partial charge on any atom is 0.328 e. The van der Waals surface area contributed by atoms with Crippen LogP contribution in [-0.4, -0.2) is 11.1 Å². The minimum atomic E-state index is -0.826. The minimum Gasteiger partial charge on any atom is -0.478 e. The van der Waals surface area contributed by atoms with Gasteiger partial charge in [0.1, 0.15) is 0 Å². The van der Waals surface area contributed by atoms with E-state index in [0.717, 1.165) is 24.8 Å². The van der Waals surface area contributed by atoms with E-state index in [-0.39, 0.29) is 19.5 Å². The van der Waals surface area contributed by atoms with E-state index in [1.807, 2.05) is 18.2 Å². The number of carboxylic acids is 1. The molecule has 3 heteroatoms. The Hall–Kier alpha value is -0.947. The van der Waals surface area contributed by atoms with Gasteiger partial charge in [0.2, 0.25) is 0 Å². The summed E-state index contributed by atoms with van der Waals surface area (Å²) in [6.45, 7) is 0. The summed E-state index contributed by atoms with van der Waals surface area (Å²) < 4.78 is 0. The first-order chi connectivity index (χ1) is 7.27. The van der Waals surface area contributed by atoms with Gasteiger partial charge in [0.05, 0.1) is 0 Å². The van der Waals surface area contributed by atoms with Crippen molar-refractivity contribution in [2.24, 2.45) is 0 Å². The van der Waals surface area contributed by atoms with Gasteiger partial charge in [-0.1, -0.05) is 35.9 Å². The zero-order chi connectivity index (χ0) is 10.7. The second kappa shape index (κ2) is 5.95. The third kappa shape index (κ3) is 3.02. The predicted octanol–water partition coefficient (Wildman–Crippen LogP) is 2.96. The largest absolute Gasteiger partial charge is 0.478 e. The first kappa shape index (κ1) is 13.1. The molecule has 0 spiro atoms. The number of carboxylic acid groups (broad SMARTS) is 1. The quantitative estimate of drug-likeness (QED) is 0.674. The van der Waals surface area contributed by atoms with Gasteiger partial charge in [-0.25, -0.2) is 4.79 Å². The van der Waals surface area contributed by atoms with Crippen LogP contribution in [0.2, 0.25) is 0 Å². The number of carbonyl (C=O) groups is 1. The van der Waals surface area contributed by atoms with Crippen LogP contribution in [0.5, 0.6) is 0 Å². The average Bonchev–Trinajstić information content (AvgIpc) is 2.66. The molecule has 87 valence electrons. The fourth-order valence-electron chi connectivity index (χ4n) is 2.27. The van der Waals surface area contributed by atoms with Crippen molar-refractivity contribution in [1.29, 1.82) is 0 Å². The molecule has 1 unspecified atom stereocenters. The van der Waals surface area contributed by atoms with Crippen LogP contribution in [0.4, 0.5) is 0 Å². The summed E-state index contributed by atoms with van der Waals surface area (Å²) in [5.41, 5.74) is 2.30. The third-order valence-corrected chi connectivity index (χ3v) is 2.92. The van der Waals surface area contributed by atoms with E-state index in [0.29, 0.717) is 5.92 Å². The second-order valence-corrected chi connectivity index (χ2v) is 3.91. The molecule has 1 fully saturated rings. The first-order valence-electron chi connectivity index (χ1n) is 5.25. The van der Waals surface area contributed by atoms with Crippen molar-refractivity contribution < 1.29 is 29.4 Å². The third-order valence-electron chi connectivity index (χ3n) is 2.92. The normalized spacial score (nSPS) is 21.8. The van der Waals surface area contributed by atoms with Crippen molar-refractivity contribution in [1.82, 2.24) is 0 Å². The van der Waals surface area contributed by atoms with Gasteiger partial charge in [0.25, 0.3) is 0 Å². The van der Waals surface area contributed by atoms with Crippen molar-refractivity contribution in [3.63, 3.8) is 0 Å². The molecule has 16 heavy (non-hydrogen) atoms. The second-order valence-electron chi connectivity index (χ2n) is 3.91. The molecule has 0 bridgehead atoms. The number of hydrogen-bond acceptors (Lipinski definition) is 1. The molecular weight excluding hydrogens is 291 g/mol. The maximum atomic E-state index is 10.7. The Labute approximate surface area is 108 Å². The molecule has 1 aromatic rings. The molecule has 0 aromatic heterocycles. The molecule has 2 rings (SSSR count). The molecule has 1 radical (unpaired) electrons. The van der Waals surface area contributed by atoms with Gasteiger partial charge in [-0.2, -0.15) is 0 Å². The molecular formula is C13H14O2Rh. The zero-order valence-electron chi connectivity index (χ0n) is 8.85. The van der Waals surface area contributed by atoms with Gasteiger partial charge in [0, 0.05) is 31.5 Å². The summed E-state index contributed by atoms with van der Waals surface area (Å²) in [4.78, 5) is 10.7. The van der Waals surface area contributed by atoms with Crippen LogP contribution in [-0.2, 0) is 24.3 Å². The van der Waals surface area contributed by atoms with Crippen molar-refractivity contribution in [3.05, 3.63) is 47.5 Å². The van der Waals surface area contributed by atoms with Gasteiger partial charge >= 0.3 is 5.97 Å². The predicted molar refractivity (Wildman–Crippen MR) is 58.8 cm³/mol. The Balaban J connectivity index is 0.00000128. The fourth-order valence-corrected chi connectivity index (χ4v) is 2.27. The Kier molecular flexibility index (Phi) is 4.88. The fraction of sp³-hybridized carbons (Fsp3) is 0.308. The van der Waals surface area contributed by atoms with E-state index < -0.39 is 5.97 Å². The standard InChI is InChI=1S/C13H14O2.Rh/c14-13(15)9-11-7-4-8-12(11)10-5-2-1-3-6-10;/h1-3,5-6,9,12H,4,7-8H2,(H,14,15);/b11-9+;. The molecule has 1 aliphatic carbocycles. The summed E-state index contributed by atoms with van der Waals surface area (Å²) in [7, 11) is 0. The average molecular weight is 305 g/mol. The smallest absolute Gasteiger partial charge is 0.328 e. The number of hydrogen-bond donors (Lipinski definition) is 1. The minimum absolute atomic E-state index is 0. The van der Waals surface area contributed by atoms with Crippen molar-refractivity contribution in [2.45, 2.75) is 25.2 Å². The van der Waals surface area contributed by atoms with Crippen LogP contribution in [0.3, 0.4) is 0 Å². The summed E-state index contributed by atoms with van der Waals surface area (Å²) in [5.74, 6) is -0.505. The van der Waals surface area contributed by atoms with Gasteiger partial charge < -0.3 is 5.11 Å². The molecule has 1 saturated carbocycles. The van der Waals surface area contributed by atoms with E-state index in [1.165, 1.54) is 11.6 Å². The summed E-state index contributed by atoms with van der Waals surface area (Å²) in [6.07, 6.45) is 4.47. The van der Waals surface area contributed by atoms with Gasteiger partial charge in [0.15, 0.2) is 0 Å². The van der Waals surface area contributed by atoms with E-state index in [9.17, 15) is 4.79 Å². The van der Waals surface area contributed by atoms with Crippen LogP contribution in [0.1, 0.15) is 30.7 Å². The maximum absolute atomic E-state index is 10.7. The number of rotatable bonds is 2. The molecule has 1 aliphatic rings. The summed E-state index contributed by atoms with van der Waals surface area (Å²) in [6, 6.07) is 10.1. The van der Waals surface area contributed by atoms with E-state index >= 15 is 0 Å². The first-order valence-corrected chi connectivity index (χ1v) is 5.25. The van der Waals surface area contributed by atoms with Crippen LogP contribution in [0, 0.1) is 0 Å². The number of aliphatic carboxylic acids is 1. The van der Waals surface area contributed by atoms with Crippen molar-refractivity contribution in [3.8, 4) is 0 Å².